The molecular weight excluding hydrogens is 464 g/mol. The van der Waals surface area contributed by atoms with Crippen LogP contribution in [-0.4, -0.2) is 51.8 Å². The van der Waals surface area contributed by atoms with Gasteiger partial charge in [-0.3, -0.25) is 14.5 Å². The molecule has 0 saturated carbocycles. The Bertz CT molecular complexity index is 1380. The Morgan fingerprint density at radius 1 is 0.943 bits per heavy atom. The topological polar surface area (TPSA) is 92.8 Å². The number of ether oxygens (including phenoxy) is 1. The average molecular weight is 493 g/mol. The van der Waals surface area contributed by atoms with Crippen molar-refractivity contribution < 1.29 is 22.7 Å². The molecule has 1 N–H and O–H groups in total. The molecule has 4 rings (SSSR count). The highest BCUT2D eigenvalue weighted by molar-refractivity contribution is 7.91. The summed E-state index contributed by atoms with van der Waals surface area (Å²) in [5, 5.41) is 2.95. The van der Waals surface area contributed by atoms with E-state index in [1.807, 2.05) is 24.3 Å². The number of nitrogens with zero attached hydrogens (tertiary/aromatic N) is 1. The Balaban J connectivity index is 1.61. The van der Waals surface area contributed by atoms with E-state index in [2.05, 4.69) is 24.1 Å². The van der Waals surface area contributed by atoms with Crippen LogP contribution in [0.3, 0.4) is 0 Å². The van der Waals surface area contributed by atoms with Gasteiger partial charge in [-0.1, -0.05) is 38.1 Å². The minimum atomic E-state index is -3.92. The van der Waals surface area contributed by atoms with E-state index in [4.69, 9.17) is 4.74 Å². The first kappa shape index (κ1) is 24.6. The molecule has 0 aliphatic carbocycles. The van der Waals surface area contributed by atoms with E-state index in [0.29, 0.717) is 6.54 Å². The number of carbonyl (C=O) groups excluding carboxylic acids is 2. The van der Waals surface area contributed by atoms with Crippen LogP contribution in [-0.2, 0) is 9.84 Å². The summed E-state index contributed by atoms with van der Waals surface area (Å²) in [4.78, 5) is 28.0. The molecule has 8 heteroatoms. The Kier molecular flexibility index (Phi) is 7.05. The second-order valence-electron chi connectivity index (χ2n) is 8.26. The zero-order valence-corrected chi connectivity index (χ0v) is 20.8. The van der Waals surface area contributed by atoms with Crippen LogP contribution in [0, 0.1) is 0 Å². The minimum Gasteiger partial charge on any atom is -0.497 e. The van der Waals surface area contributed by atoms with Gasteiger partial charge in [0.2, 0.25) is 9.84 Å². The second kappa shape index (κ2) is 10.0. The summed E-state index contributed by atoms with van der Waals surface area (Å²) in [5.41, 5.74) is 1.42. The van der Waals surface area contributed by atoms with E-state index >= 15 is 0 Å². The van der Waals surface area contributed by atoms with E-state index in [9.17, 15) is 18.0 Å². The third-order valence-corrected chi connectivity index (χ3v) is 8.24. The third-order valence-electron chi connectivity index (χ3n) is 6.39. The molecule has 1 amide bonds. The van der Waals surface area contributed by atoms with Crippen molar-refractivity contribution in [1.29, 1.82) is 0 Å². The normalized spacial score (nSPS) is 14.7. The molecule has 1 unspecified atom stereocenters. The van der Waals surface area contributed by atoms with E-state index in [1.165, 1.54) is 30.3 Å². The lowest BCUT2D eigenvalue weighted by molar-refractivity contribution is 0.0933. The number of benzene rings is 3. The molecule has 0 radical (unpaired) electrons. The van der Waals surface area contributed by atoms with Crippen molar-refractivity contribution in [2.75, 3.05) is 26.7 Å². The van der Waals surface area contributed by atoms with Crippen molar-refractivity contribution in [1.82, 2.24) is 10.2 Å². The molecule has 7 nitrogen and oxygen atoms in total. The lowest BCUT2D eigenvalue weighted by atomic mass is 10.0. The van der Waals surface area contributed by atoms with Gasteiger partial charge in [0.05, 0.1) is 22.9 Å². The lowest BCUT2D eigenvalue weighted by Crippen LogP contribution is -2.38. The number of sulfone groups is 1. The van der Waals surface area contributed by atoms with E-state index in [0.717, 1.165) is 24.4 Å². The van der Waals surface area contributed by atoms with Crippen molar-refractivity contribution in [3.63, 3.8) is 0 Å². The van der Waals surface area contributed by atoms with Crippen LogP contribution in [0.1, 0.15) is 51.7 Å². The van der Waals surface area contributed by atoms with Gasteiger partial charge in [-0.15, -0.1) is 0 Å². The van der Waals surface area contributed by atoms with E-state index in [1.54, 1.807) is 19.2 Å². The van der Waals surface area contributed by atoms with Crippen molar-refractivity contribution in [3.05, 3.63) is 89.0 Å². The predicted molar refractivity (Wildman–Crippen MR) is 133 cm³/mol. The summed E-state index contributed by atoms with van der Waals surface area (Å²) in [6.45, 7) is 6.00. The summed E-state index contributed by atoms with van der Waals surface area (Å²) < 4.78 is 31.7. The maximum absolute atomic E-state index is 13.2. The highest BCUT2D eigenvalue weighted by Crippen LogP contribution is 2.34. The fourth-order valence-electron chi connectivity index (χ4n) is 4.49. The van der Waals surface area contributed by atoms with Crippen molar-refractivity contribution in [3.8, 4) is 5.75 Å². The first-order valence-electron chi connectivity index (χ1n) is 11.5. The van der Waals surface area contributed by atoms with Gasteiger partial charge < -0.3 is 10.1 Å². The van der Waals surface area contributed by atoms with Gasteiger partial charge in [-0.05, 0) is 61.1 Å². The van der Waals surface area contributed by atoms with Gasteiger partial charge in [0.15, 0.2) is 5.78 Å². The maximum Gasteiger partial charge on any atom is 0.251 e. The van der Waals surface area contributed by atoms with Gasteiger partial charge in [-0.25, -0.2) is 8.42 Å². The number of fused-ring (bicyclic) bond motifs is 2. The quantitative estimate of drug-likeness (QED) is 0.401. The van der Waals surface area contributed by atoms with Gasteiger partial charge in [0, 0.05) is 23.2 Å². The van der Waals surface area contributed by atoms with Crippen LogP contribution in [0.15, 0.2) is 76.5 Å². The molecule has 1 aliphatic rings. The van der Waals surface area contributed by atoms with Crippen molar-refractivity contribution in [2.24, 2.45) is 0 Å². The predicted octanol–water partition coefficient (Wildman–Crippen LogP) is 3.89. The largest absolute Gasteiger partial charge is 0.497 e. The molecule has 0 fully saturated rings. The summed E-state index contributed by atoms with van der Waals surface area (Å²) in [7, 11) is -2.30. The number of likely N-dealkylation sites (N-methyl/N-ethyl adjacent to an activating group) is 1. The van der Waals surface area contributed by atoms with Crippen molar-refractivity contribution >= 4 is 21.5 Å². The summed E-state index contributed by atoms with van der Waals surface area (Å²) in [5.74, 6) is -0.0396. The third kappa shape index (κ3) is 4.59. The number of rotatable bonds is 8. The molecule has 0 bridgehead atoms. The number of carbonyl (C=O) groups is 2. The molecule has 0 spiro atoms. The van der Waals surface area contributed by atoms with Crippen LogP contribution in [0.25, 0.3) is 0 Å². The second-order valence-corrected chi connectivity index (χ2v) is 10.1. The molecular formula is C27H28N2O5S. The van der Waals surface area contributed by atoms with E-state index < -0.39 is 15.7 Å². The number of hydrogen-bond donors (Lipinski definition) is 1. The first-order valence-corrected chi connectivity index (χ1v) is 13.0. The van der Waals surface area contributed by atoms with E-state index in [-0.39, 0.29) is 38.3 Å². The number of nitrogens with one attached hydrogen (secondary N) is 1. The van der Waals surface area contributed by atoms with Crippen LogP contribution in [0.5, 0.6) is 5.75 Å². The smallest absolute Gasteiger partial charge is 0.251 e. The first-order chi connectivity index (χ1) is 16.8. The van der Waals surface area contributed by atoms with Gasteiger partial charge in [0.1, 0.15) is 5.75 Å². The average Bonchev–Trinajstić information content (AvgIpc) is 2.89. The zero-order valence-electron chi connectivity index (χ0n) is 19.9. The Morgan fingerprint density at radius 2 is 1.66 bits per heavy atom. The number of ketones is 1. The molecule has 3 aromatic carbocycles. The fraction of sp³-hybridized carbons (Fsp3) is 0.259. The Hall–Kier alpha value is -3.49. The molecule has 0 saturated heterocycles. The SMILES string of the molecule is CCN(CC)C(CNC(=O)c1ccc2c(c1)S(=O)(=O)c1ccccc1C2=O)c1cccc(OC)c1. The Labute approximate surface area is 205 Å². The maximum atomic E-state index is 13.2. The molecule has 1 heterocycles. The van der Waals surface area contributed by atoms with Crippen LogP contribution >= 0.6 is 0 Å². The highest BCUT2D eigenvalue weighted by atomic mass is 32.2. The molecule has 1 aliphatic heterocycles. The fourth-order valence-corrected chi connectivity index (χ4v) is 6.17. The standard InChI is InChI=1S/C27H28N2O5S/c1-4-29(5-2)23(18-9-8-10-20(15-18)34-3)17-28-27(31)19-13-14-22-25(16-19)35(32,33)24-12-7-6-11-21(24)26(22)30/h6-16,23H,4-5,17H2,1-3H3,(H,28,31). The van der Waals surface area contributed by atoms with Crippen LogP contribution in [0.4, 0.5) is 0 Å². The zero-order chi connectivity index (χ0) is 25.2. The lowest BCUT2D eigenvalue weighted by Gasteiger charge is -2.30. The summed E-state index contributed by atoms with van der Waals surface area (Å²) in [6.07, 6.45) is 0. The summed E-state index contributed by atoms with van der Waals surface area (Å²) >= 11 is 0. The molecule has 1 atom stereocenters. The van der Waals surface area contributed by atoms with Gasteiger partial charge in [-0.2, -0.15) is 0 Å². The summed E-state index contributed by atoms with van der Waals surface area (Å²) in [6, 6.07) is 18.0. The minimum absolute atomic E-state index is 0.0327. The number of amides is 1. The highest BCUT2D eigenvalue weighted by Gasteiger charge is 2.35. The molecule has 35 heavy (non-hydrogen) atoms. The van der Waals surface area contributed by atoms with Crippen LogP contribution in [0.2, 0.25) is 0 Å². The Morgan fingerprint density at radius 3 is 2.37 bits per heavy atom. The van der Waals surface area contributed by atoms with Crippen LogP contribution < -0.4 is 10.1 Å². The molecule has 182 valence electrons. The monoisotopic (exact) mass is 492 g/mol. The number of methoxy groups -OCH3 is 1. The molecule has 3 aromatic rings. The van der Waals surface area contributed by atoms with Crippen molar-refractivity contribution in [2.45, 2.75) is 29.7 Å². The van der Waals surface area contributed by atoms with Gasteiger partial charge in [0.25, 0.3) is 5.91 Å². The molecule has 0 aromatic heterocycles. The van der Waals surface area contributed by atoms with Gasteiger partial charge >= 0.3 is 0 Å². The number of hydrogen-bond acceptors (Lipinski definition) is 6.